The van der Waals surface area contributed by atoms with E-state index >= 15 is 0 Å². The van der Waals surface area contributed by atoms with Crippen LogP contribution in [0.15, 0.2) is 0 Å². The third-order valence-corrected chi connectivity index (χ3v) is 4.81. The number of aliphatic hydroxyl groups excluding tert-OH is 1. The van der Waals surface area contributed by atoms with Crippen LogP contribution >= 0.6 is 0 Å². The number of sulfone groups is 1. The first-order valence-corrected chi connectivity index (χ1v) is 6.27. The minimum absolute atomic E-state index is 0.0208. The first-order chi connectivity index (χ1) is 5.93. The van der Waals surface area contributed by atoms with Gasteiger partial charge in [-0.3, -0.25) is 0 Å². The number of aliphatic hydroxyl groups is 1. The van der Waals surface area contributed by atoms with Crippen LogP contribution in [0.3, 0.4) is 0 Å². The molecule has 0 saturated carbocycles. The summed E-state index contributed by atoms with van der Waals surface area (Å²) in [5, 5.41) is 9.14. The molecule has 0 aromatic heterocycles. The standard InChI is InChI=1S/C8H17NO3S/c1-8(5-9,6-10)7-2-3-13(11,12)4-7/h7,10H,2-6,9H2,1H3. The van der Waals surface area contributed by atoms with E-state index in [0.29, 0.717) is 13.0 Å². The molecule has 1 fully saturated rings. The normalized spacial score (nSPS) is 31.5. The smallest absolute Gasteiger partial charge is 0.150 e. The second kappa shape index (κ2) is 3.55. The Morgan fingerprint density at radius 1 is 1.62 bits per heavy atom. The molecule has 0 aromatic carbocycles. The highest BCUT2D eigenvalue weighted by Gasteiger charge is 2.40. The van der Waals surface area contributed by atoms with Gasteiger partial charge in [0.05, 0.1) is 11.5 Å². The fraction of sp³-hybridized carbons (Fsp3) is 1.00. The molecular weight excluding hydrogens is 190 g/mol. The van der Waals surface area contributed by atoms with Crippen LogP contribution in [0, 0.1) is 11.3 Å². The van der Waals surface area contributed by atoms with Gasteiger partial charge in [-0.15, -0.1) is 0 Å². The van der Waals surface area contributed by atoms with Crippen LogP contribution in [-0.2, 0) is 9.84 Å². The van der Waals surface area contributed by atoms with Gasteiger partial charge in [-0.25, -0.2) is 8.42 Å². The van der Waals surface area contributed by atoms with E-state index in [-0.39, 0.29) is 24.0 Å². The average Bonchev–Trinajstić information content (AvgIpc) is 2.45. The number of hydrogen-bond acceptors (Lipinski definition) is 4. The van der Waals surface area contributed by atoms with E-state index in [9.17, 15) is 8.42 Å². The van der Waals surface area contributed by atoms with Gasteiger partial charge in [-0.2, -0.15) is 0 Å². The Labute approximate surface area is 79.0 Å². The Morgan fingerprint density at radius 2 is 2.23 bits per heavy atom. The van der Waals surface area contributed by atoms with Gasteiger partial charge in [0.25, 0.3) is 0 Å². The monoisotopic (exact) mass is 207 g/mol. The van der Waals surface area contributed by atoms with Crippen molar-refractivity contribution in [2.24, 2.45) is 17.1 Å². The minimum Gasteiger partial charge on any atom is -0.396 e. The first kappa shape index (κ1) is 10.9. The fourth-order valence-electron chi connectivity index (χ4n) is 1.70. The average molecular weight is 207 g/mol. The first-order valence-electron chi connectivity index (χ1n) is 4.45. The van der Waals surface area contributed by atoms with Gasteiger partial charge in [0.1, 0.15) is 0 Å². The molecule has 78 valence electrons. The molecular formula is C8H17NO3S. The Morgan fingerprint density at radius 3 is 2.54 bits per heavy atom. The van der Waals surface area contributed by atoms with Gasteiger partial charge in [0.15, 0.2) is 9.84 Å². The summed E-state index contributed by atoms with van der Waals surface area (Å²) in [7, 11) is -2.87. The van der Waals surface area contributed by atoms with Crippen LogP contribution in [0.2, 0.25) is 0 Å². The molecule has 0 amide bonds. The molecule has 1 aliphatic heterocycles. The molecule has 1 rings (SSSR count). The maximum Gasteiger partial charge on any atom is 0.150 e. The van der Waals surface area contributed by atoms with E-state index in [0.717, 1.165) is 0 Å². The molecule has 0 spiro atoms. The summed E-state index contributed by atoms with van der Waals surface area (Å²) < 4.78 is 22.4. The highest BCUT2D eigenvalue weighted by atomic mass is 32.2. The van der Waals surface area contributed by atoms with Gasteiger partial charge in [0.2, 0.25) is 0 Å². The zero-order chi connectivity index (χ0) is 10.1. The molecule has 1 saturated heterocycles. The number of rotatable bonds is 3. The fourth-order valence-corrected chi connectivity index (χ4v) is 3.70. The summed E-state index contributed by atoms with van der Waals surface area (Å²) >= 11 is 0. The summed E-state index contributed by atoms with van der Waals surface area (Å²) in [6.07, 6.45) is 0.636. The number of nitrogens with two attached hydrogens (primary N) is 1. The van der Waals surface area contributed by atoms with Crippen LogP contribution in [0.25, 0.3) is 0 Å². The van der Waals surface area contributed by atoms with Crippen LogP contribution < -0.4 is 5.73 Å². The van der Waals surface area contributed by atoms with Crippen molar-refractivity contribution < 1.29 is 13.5 Å². The van der Waals surface area contributed by atoms with Crippen LogP contribution in [0.5, 0.6) is 0 Å². The highest BCUT2D eigenvalue weighted by molar-refractivity contribution is 7.91. The molecule has 13 heavy (non-hydrogen) atoms. The third kappa shape index (κ3) is 2.21. The van der Waals surface area contributed by atoms with Crippen molar-refractivity contribution in [3.63, 3.8) is 0 Å². The topological polar surface area (TPSA) is 80.4 Å². The maximum atomic E-state index is 11.2. The third-order valence-electron chi connectivity index (χ3n) is 3.05. The minimum atomic E-state index is -2.87. The van der Waals surface area contributed by atoms with Crippen molar-refractivity contribution in [1.82, 2.24) is 0 Å². The largest absolute Gasteiger partial charge is 0.396 e. The van der Waals surface area contributed by atoms with E-state index in [4.69, 9.17) is 10.8 Å². The Bertz CT molecular complexity index is 269. The quantitative estimate of drug-likeness (QED) is 0.646. The predicted octanol–water partition coefficient (Wildman–Crippen LogP) is -0.622. The van der Waals surface area contributed by atoms with Crippen molar-refractivity contribution in [2.75, 3.05) is 24.7 Å². The Hall–Kier alpha value is -0.130. The van der Waals surface area contributed by atoms with Crippen molar-refractivity contribution >= 4 is 9.84 Å². The van der Waals surface area contributed by atoms with E-state index in [1.54, 1.807) is 0 Å². The van der Waals surface area contributed by atoms with Crippen LogP contribution in [0.4, 0.5) is 0 Å². The molecule has 1 aliphatic rings. The van der Waals surface area contributed by atoms with E-state index < -0.39 is 15.3 Å². The summed E-state index contributed by atoms with van der Waals surface area (Å²) in [5.41, 5.74) is 5.10. The lowest BCUT2D eigenvalue weighted by atomic mass is 9.77. The molecule has 0 aromatic rings. The zero-order valence-corrected chi connectivity index (χ0v) is 8.68. The molecule has 1 heterocycles. The van der Waals surface area contributed by atoms with Crippen molar-refractivity contribution in [2.45, 2.75) is 13.3 Å². The van der Waals surface area contributed by atoms with E-state index in [2.05, 4.69) is 0 Å². The second-order valence-corrected chi connectivity index (χ2v) is 6.34. The lowest BCUT2D eigenvalue weighted by Crippen LogP contribution is -2.39. The van der Waals surface area contributed by atoms with Gasteiger partial charge in [0, 0.05) is 18.6 Å². The SMILES string of the molecule is CC(CN)(CO)C1CCS(=O)(=O)C1. The lowest BCUT2D eigenvalue weighted by Gasteiger charge is -2.31. The van der Waals surface area contributed by atoms with Crippen LogP contribution in [0.1, 0.15) is 13.3 Å². The molecule has 0 radical (unpaired) electrons. The van der Waals surface area contributed by atoms with E-state index in [1.807, 2.05) is 6.92 Å². The Kier molecular flexibility index (Phi) is 2.99. The highest BCUT2D eigenvalue weighted by Crippen LogP contribution is 2.34. The van der Waals surface area contributed by atoms with E-state index in [1.165, 1.54) is 0 Å². The predicted molar refractivity (Wildman–Crippen MR) is 51.0 cm³/mol. The summed E-state index contributed by atoms with van der Waals surface area (Å²) in [5.74, 6) is 0.446. The Balaban J connectivity index is 2.75. The van der Waals surface area contributed by atoms with Crippen molar-refractivity contribution in [1.29, 1.82) is 0 Å². The van der Waals surface area contributed by atoms with Gasteiger partial charge >= 0.3 is 0 Å². The second-order valence-electron chi connectivity index (χ2n) is 4.12. The summed E-state index contributed by atoms with van der Waals surface area (Å²) in [6.45, 7) is 2.14. The molecule has 2 unspecified atom stereocenters. The molecule has 0 aliphatic carbocycles. The van der Waals surface area contributed by atoms with Crippen molar-refractivity contribution in [3.05, 3.63) is 0 Å². The molecule has 0 bridgehead atoms. The van der Waals surface area contributed by atoms with Gasteiger partial charge in [-0.1, -0.05) is 6.92 Å². The molecule has 4 nitrogen and oxygen atoms in total. The maximum absolute atomic E-state index is 11.2. The lowest BCUT2D eigenvalue weighted by molar-refractivity contribution is 0.0975. The van der Waals surface area contributed by atoms with Crippen LogP contribution in [-0.4, -0.2) is 38.2 Å². The van der Waals surface area contributed by atoms with Gasteiger partial charge in [-0.05, 0) is 12.3 Å². The zero-order valence-electron chi connectivity index (χ0n) is 7.86. The molecule has 5 heteroatoms. The summed E-state index contributed by atoms with van der Waals surface area (Å²) in [4.78, 5) is 0. The van der Waals surface area contributed by atoms with Crippen molar-refractivity contribution in [3.8, 4) is 0 Å². The summed E-state index contributed by atoms with van der Waals surface area (Å²) in [6, 6.07) is 0. The van der Waals surface area contributed by atoms with Gasteiger partial charge < -0.3 is 10.8 Å². The number of hydrogen-bond donors (Lipinski definition) is 2. The molecule has 3 N–H and O–H groups in total. The molecule has 2 atom stereocenters.